The molecule has 2 fully saturated rings. The summed E-state index contributed by atoms with van der Waals surface area (Å²) < 4.78 is 6.64. The molecular weight excluding hydrogens is 362 g/mol. The Kier molecular flexibility index (Phi) is 3.85. The van der Waals surface area contributed by atoms with Crippen LogP contribution in [0.1, 0.15) is 28.5 Å². The van der Waals surface area contributed by atoms with Crippen LogP contribution in [0.5, 0.6) is 0 Å². The van der Waals surface area contributed by atoms with Crippen LogP contribution in [-0.4, -0.2) is 72.0 Å². The van der Waals surface area contributed by atoms with E-state index in [9.17, 15) is 9.59 Å². The van der Waals surface area contributed by atoms with Crippen LogP contribution in [0.15, 0.2) is 29.0 Å². The van der Waals surface area contributed by atoms with Crippen molar-refractivity contribution in [2.24, 2.45) is 5.92 Å². The lowest BCUT2D eigenvalue weighted by Gasteiger charge is -2.53. The van der Waals surface area contributed by atoms with E-state index in [-0.39, 0.29) is 36.0 Å². The molecule has 5 rings (SSSR count). The maximum Gasteiger partial charge on any atom is 0.293 e. The standard InChI is InChI=1S/C18H19N7O3/c1-11-7-13(28-22-11)8-15(26)24-10-12-9-23(6-3-14(12)24)17(27)16-20-18-19-4-2-5-25(18)21-16/h2,4-5,7,12,14H,3,6,8-10H2,1H3/t12-,14-/m0/s1. The average Bonchev–Trinajstić information content (AvgIpc) is 3.28. The number of hydrogen-bond donors (Lipinski definition) is 0. The van der Waals surface area contributed by atoms with Crippen LogP contribution in [0.25, 0.3) is 5.78 Å². The highest BCUT2D eigenvalue weighted by atomic mass is 16.5. The molecule has 10 heteroatoms. The van der Waals surface area contributed by atoms with Gasteiger partial charge in [-0.05, 0) is 19.4 Å². The first-order chi connectivity index (χ1) is 13.6. The molecule has 0 unspecified atom stereocenters. The maximum absolute atomic E-state index is 12.8. The van der Waals surface area contributed by atoms with E-state index in [2.05, 4.69) is 20.2 Å². The SMILES string of the molecule is Cc1cc(CC(=O)N2C[C@@H]3CN(C(=O)c4nc5ncccn5n4)CC[C@@H]32)on1. The van der Waals surface area contributed by atoms with Gasteiger partial charge in [0, 0.05) is 50.1 Å². The fourth-order valence-electron chi connectivity index (χ4n) is 4.05. The van der Waals surface area contributed by atoms with E-state index in [0.717, 1.165) is 12.1 Å². The molecule has 2 aliphatic heterocycles. The molecule has 0 bridgehead atoms. The summed E-state index contributed by atoms with van der Waals surface area (Å²) in [7, 11) is 0. The summed E-state index contributed by atoms with van der Waals surface area (Å²) in [4.78, 5) is 37.3. The van der Waals surface area contributed by atoms with Crippen molar-refractivity contribution in [2.75, 3.05) is 19.6 Å². The lowest BCUT2D eigenvalue weighted by molar-refractivity contribution is -0.146. The molecule has 2 atom stereocenters. The van der Waals surface area contributed by atoms with Gasteiger partial charge in [0.2, 0.25) is 11.7 Å². The Hall–Kier alpha value is -3.30. The molecule has 0 saturated carbocycles. The Morgan fingerprint density at radius 2 is 2.21 bits per heavy atom. The number of fused-ring (bicyclic) bond motifs is 2. The monoisotopic (exact) mass is 381 g/mol. The van der Waals surface area contributed by atoms with Crippen molar-refractivity contribution in [2.45, 2.75) is 25.8 Å². The predicted octanol–water partition coefficient (Wildman–Crippen LogP) is 0.336. The van der Waals surface area contributed by atoms with Crippen molar-refractivity contribution in [3.63, 3.8) is 0 Å². The summed E-state index contributed by atoms with van der Waals surface area (Å²) in [5, 5.41) is 8.03. The molecular formula is C18H19N7O3. The van der Waals surface area contributed by atoms with E-state index in [4.69, 9.17) is 4.52 Å². The van der Waals surface area contributed by atoms with E-state index in [1.807, 2.05) is 11.8 Å². The maximum atomic E-state index is 12.8. The minimum Gasteiger partial charge on any atom is -0.361 e. The summed E-state index contributed by atoms with van der Waals surface area (Å²) in [6, 6.07) is 3.70. The number of amides is 2. The molecule has 3 aromatic rings. The van der Waals surface area contributed by atoms with Gasteiger partial charge in [0.15, 0.2) is 0 Å². The number of aromatic nitrogens is 5. The zero-order chi connectivity index (χ0) is 19.3. The number of carbonyl (C=O) groups is 2. The molecule has 0 N–H and O–H groups in total. The molecule has 5 heterocycles. The summed E-state index contributed by atoms with van der Waals surface area (Å²) in [5.41, 5.74) is 0.770. The fraction of sp³-hybridized carbons (Fsp3) is 0.444. The van der Waals surface area contributed by atoms with Crippen molar-refractivity contribution in [3.05, 3.63) is 41.8 Å². The van der Waals surface area contributed by atoms with E-state index in [1.165, 1.54) is 4.52 Å². The number of hydrogen-bond acceptors (Lipinski definition) is 7. The molecule has 0 spiro atoms. The Bertz CT molecular complexity index is 1030. The second-order valence-corrected chi connectivity index (χ2v) is 7.32. The Morgan fingerprint density at radius 1 is 1.32 bits per heavy atom. The van der Waals surface area contributed by atoms with Gasteiger partial charge in [-0.3, -0.25) is 9.59 Å². The number of aryl methyl sites for hydroxylation is 1. The van der Waals surface area contributed by atoms with Gasteiger partial charge in [-0.25, -0.2) is 9.50 Å². The summed E-state index contributed by atoms with van der Waals surface area (Å²) >= 11 is 0. The third kappa shape index (κ3) is 2.81. The molecule has 2 saturated heterocycles. The van der Waals surface area contributed by atoms with Gasteiger partial charge >= 0.3 is 0 Å². The van der Waals surface area contributed by atoms with Crippen LogP contribution in [0.4, 0.5) is 0 Å². The second-order valence-electron chi connectivity index (χ2n) is 7.32. The second kappa shape index (κ2) is 6.39. The van der Waals surface area contributed by atoms with Crippen LogP contribution in [-0.2, 0) is 11.2 Å². The van der Waals surface area contributed by atoms with Crippen LogP contribution >= 0.6 is 0 Å². The molecule has 0 aromatic carbocycles. The predicted molar refractivity (Wildman–Crippen MR) is 95.2 cm³/mol. The van der Waals surface area contributed by atoms with Crippen molar-refractivity contribution in [1.82, 2.24) is 34.5 Å². The molecule has 3 aromatic heterocycles. The lowest BCUT2D eigenvalue weighted by atomic mass is 9.82. The molecule has 2 amide bonds. The lowest BCUT2D eigenvalue weighted by Crippen LogP contribution is -2.65. The van der Waals surface area contributed by atoms with Gasteiger partial charge in [-0.15, -0.1) is 5.10 Å². The first kappa shape index (κ1) is 16.8. The highest BCUT2D eigenvalue weighted by Crippen LogP contribution is 2.33. The Balaban J connectivity index is 1.21. The first-order valence-corrected chi connectivity index (χ1v) is 9.27. The van der Waals surface area contributed by atoms with E-state index < -0.39 is 0 Å². The minimum atomic E-state index is -0.189. The van der Waals surface area contributed by atoms with Gasteiger partial charge in [0.1, 0.15) is 5.76 Å². The van der Waals surface area contributed by atoms with E-state index in [1.54, 1.807) is 29.4 Å². The summed E-state index contributed by atoms with van der Waals surface area (Å²) in [5.74, 6) is 1.29. The molecule has 2 aliphatic rings. The number of piperidine rings is 1. The van der Waals surface area contributed by atoms with Crippen LogP contribution in [0.3, 0.4) is 0 Å². The molecule has 28 heavy (non-hydrogen) atoms. The Labute approximate surface area is 160 Å². The van der Waals surface area contributed by atoms with Crippen LogP contribution in [0.2, 0.25) is 0 Å². The number of carbonyl (C=O) groups excluding carboxylic acids is 2. The number of nitrogens with zero attached hydrogens (tertiary/aromatic N) is 7. The first-order valence-electron chi connectivity index (χ1n) is 9.27. The van der Waals surface area contributed by atoms with Gasteiger partial charge in [0.25, 0.3) is 11.7 Å². The van der Waals surface area contributed by atoms with Crippen molar-refractivity contribution in [3.8, 4) is 0 Å². The van der Waals surface area contributed by atoms with Gasteiger partial charge in [-0.2, -0.15) is 4.98 Å². The zero-order valence-corrected chi connectivity index (χ0v) is 15.4. The fourth-order valence-corrected chi connectivity index (χ4v) is 4.05. The van der Waals surface area contributed by atoms with Crippen molar-refractivity contribution >= 4 is 17.6 Å². The van der Waals surface area contributed by atoms with E-state index >= 15 is 0 Å². The quantitative estimate of drug-likeness (QED) is 0.643. The topological polar surface area (TPSA) is 110 Å². The third-order valence-electron chi connectivity index (χ3n) is 5.44. The number of rotatable bonds is 3. The van der Waals surface area contributed by atoms with E-state index in [0.29, 0.717) is 31.2 Å². The van der Waals surface area contributed by atoms with Gasteiger partial charge in [-0.1, -0.05) is 5.16 Å². The molecule has 10 nitrogen and oxygen atoms in total. The van der Waals surface area contributed by atoms with Crippen molar-refractivity contribution < 1.29 is 14.1 Å². The van der Waals surface area contributed by atoms with Gasteiger partial charge in [0.05, 0.1) is 12.1 Å². The van der Waals surface area contributed by atoms with Crippen LogP contribution < -0.4 is 0 Å². The third-order valence-corrected chi connectivity index (χ3v) is 5.44. The zero-order valence-electron chi connectivity index (χ0n) is 15.4. The van der Waals surface area contributed by atoms with Crippen LogP contribution in [0, 0.1) is 12.8 Å². The highest BCUT2D eigenvalue weighted by Gasteiger charge is 2.46. The van der Waals surface area contributed by atoms with Crippen molar-refractivity contribution in [1.29, 1.82) is 0 Å². The minimum absolute atomic E-state index is 0.0465. The largest absolute Gasteiger partial charge is 0.361 e. The van der Waals surface area contributed by atoms with Gasteiger partial charge < -0.3 is 14.3 Å². The average molecular weight is 381 g/mol. The Morgan fingerprint density at radius 3 is 2.96 bits per heavy atom. The molecule has 0 aliphatic carbocycles. The summed E-state index contributed by atoms with van der Waals surface area (Å²) in [6.07, 6.45) is 4.31. The number of likely N-dealkylation sites (tertiary alicyclic amines) is 2. The summed E-state index contributed by atoms with van der Waals surface area (Å²) in [6.45, 7) is 3.67. The molecule has 0 radical (unpaired) electrons. The highest BCUT2D eigenvalue weighted by molar-refractivity contribution is 5.91. The normalized spacial score (nSPS) is 21.5. The smallest absolute Gasteiger partial charge is 0.293 e. The molecule has 144 valence electrons.